The lowest BCUT2D eigenvalue weighted by molar-refractivity contribution is 0.102. The molecule has 0 spiro atoms. The van der Waals surface area contributed by atoms with E-state index in [-0.39, 0.29) is 27.9 Å². The Kier molecular flexibility index (Phi) is 4.45. The molecule has 1 amide bonds. The summed E-state index contributed by atoms with van der Waals surface area (Å²) in [5.41, 5.74) is 0.191. The number of carbonyl (C=O) groups is 1. The van der Waals surface area contributed by atoms with Crippen molar-refractivity contribution in [1.29, 1.82) is 0 Å². The van der Waals surface area contributed by atoms with E-state index in [1.54, 1.807) is 0 Å². The first-order valence-corrected chi connectivity index (χ1v) is 7.94. The largest absolute Gasteiger partial charge is 0.506 e. The van der Waals surface area contributed by atoms with Crippen molar-refractivity contribution >= 4 is 33.2 Å². The highest BCUT2D eigenvalue weighted by Crippen LogP contribution is 2.28. The molecular weight excluding hydrogens is 332 g/mol. The summed E-state index contributed by atoms with van der Waals surface area (Å²) in [6, 6.07) is 5.31. The zero-order valence-corrected chi connectivity index (χ0v) is 13.2. The first kappa shape index (κ1) is 16.3. The van der Waals surface area contributed by atoms with Gasteiger partial charge in [-0.3, -0.25) is 4.79 Å². The number of phenolic OH excluding ortho intramolecular Hbond substituents is 1. The highest BCUT2D eigenvalue weighted by Gasteiger charge is 2.23. The summed E-state index contributed by atoms with van der Waals surface area (Å²) in [5, 5.41) is 12.1. The Labute approximate surface area is 131 Å². The maximum Gasteiger partial charge on any atom is 0.273 e. The lowest BCUT2D eigenvalue weighted by Gasteiger charge is -2.06. The van der Waals surface area contributed by atoms with Crippen molar-refractivity contribution in [2.45, 2.75) is 12.0 Å². The third kappa shape index (κ3) is 3.24. The Bertz CT molecular complexity index is 829. The van der Waals surface area contributed by atoms with E-state index >= 15 is 0 Å². The number of anilines is 1. The molecule has 22 heavy (non-hydrogen) atoms. The third-order valence-corrected chi connectivity index (χ3v) is 4.38. The number of hydrogen-bond donors (Lipinski definition) is 3. The van der Waals surface area contributed by atoms with Gasteiger partial charge in [0.25, 0.3) is 15.9 Å². The van der Waals surface area contributed by atoms with E-state index in [0.717, 1.165) is 6.07 Å². The van der Waals surface area contributed by atoms with Gasteiger partial charge in [-0.25, -0.2) is 13.1 Å². The van der Waals surface area contributed by atoms with E-state index in [4.69, 9.17) is 16.0 Å². The number of phenols is 1. The Morgan fingerprint density at radius 2 is 2.00 bits per heavy atom. The zero-order chi connectivity index (χ0) is 16.5. The first-order valence-electron chi connectivity index (χ1n) is 6.08. The van der Waals surface area contributed by atoms with Crippen LogP contribution in [0.5, 0.6) is 5.75 Å². The molecule has 1 aromatic carbocycles. The number of furan rings is 1. The monoisotopic (exact) mass is 344 g/mol. The van der Waals surface area contributed by atoms with Crippen LogP contribution in [0, 0.1) is 6.92 Å². The number of sulfonamides is 1. The van der Waals surface area contributed by atoms with Crippen LogP contribution in [0.15, 0.2) is 33.8 Å². The van der Waals surface area contributed by atoms with Crippen LogP contribution in [-0.2, 0) is 10.0 Å². The second-order valence-electron chi connectivity index (χ2n) is 4.36. The minimum Gasteiger partial charge on any atom is -0.506 e. The topological polar surface area (TPSA) is 109 Å². The number of rotatable bonds is 4. The predicted octanol–water partition coefficient (Wildman–Crippen LogP) is 2.11. The Hall–Kier alpha value is -2.03. The average molecular weight is 345 g/mol. The third-order valence-electron chi connectivity index (χ3n) is 2.88. The number of halogens is 1. The fourth-order valence-corrected chi connectivity index (χ4v) is 2.59. The van der Waals surface area contributed by atoms with Crippen molar-refractivity contribution in [2.75, 3.05) is 12.4 Å². The molecule has 2 rings (SSSR count). The van der Waals surface area contributed by atoms with E-state index in [1.807, 2.05) is 0 Å². The molecule has 0 aliphatic rings. The van der Waals surface area contributed by atoms with Crippen molar-refractivity contribution in [2.24, 2.45) is 0 Å². The van der Waals surface area contributed by atoms with Crippen LogP contribution in [0.2, 0.25) is 5.02 Å². The Balaban J connectivity index is 2.31. The number of nitrogens with one attached hydrogen (secondary N) is 2. The van der Waals surface area contributed by atoms with Crippen LogP contribution in [0.3, 0.4) is 0 Å². The molecule has 0 saturated heterocycles. The fourth-order valence-electron chi connectivity index (χ4n) is 1.71. The molecule has 2 aromatic rings. The molecule has 0 radical (unpaired) electrons. The van der Waals surface area contributed by atoms with Crippen LogP contribution >= 0.6 is 11.6 Å². The number of amides is 1. The molecule has 1 aromatic heterocycles. The van der Waals surface area contributed by atoms with Gasteiger partial charge in [-0.15, -0.1) is 0 Å². The minimum atomic E-state index is -3.78. The summed E-state index contributed by atoms with van der Waals surface area (Å²) >= 11 is 5.70. The van der Waals surface area contributed by atoms with Crippen molar-refractivity contribution in [3.05, 3.63) is 40.6 Å². The highest BCUT2D eigenvalue weighted by atomic mass is 35.5. The van der Waals surface area contributed by atoms with E-state index in [2.05, 4.69) is 10.0 Å². The van der Waals surface area contributed by atoms with E-state index < -0.39 is 15.9 Å². The Morgan fingerprint density at radius 3 is 2.59 bits per heavy atom. The maximum atomic E-state index is 12.2. The fraction of sp³-hybridized carbons (Fsp3) is 0.154. The van der Waals surface area contributed by atoms with Gasteiger partial charge in [0, 0.05) is 17.2 Å². The summed E-state index contributed by atoms with van der Waals surface area (Å²) in [7, 11) is -2.55. The number of hydrogen-bond acceptors (Lipinski definition) is 5. The summed E-state index contributed by atoms with van der Waals surface area (Å²) in [4.78, 5) is 12.2. The summed E-state index contributed by atoms with van der Waals surface area (Å²) in [6.07, 6.45) is 0. The highest BCUT2D eigenvalue weighted by molar-refractivity contribution is 7.89. The molecule has 0 bridgehead atoms. The molecule has 118 valence electrons. The average Bonchev–Trinajstić information content (AvgIpc) is 2.85. The molecule has 3 N–H and O–H groups in total. The van der Waals surface area contributed by atoms with Gasteiger partial charge in [-0.1, -0.05) is 11.6 Å². The van der Waals surface area contributed by atoms with E-state index in [0.29, 0.717) is 5.02 Å². The zero-order valence-electron chi connectivity index (χ0n) is 11.7. The lowest BCUT2D eigenvalue weighted by atomic mass is 10.2. The summed E-state index contributed by atoms with van der Waals surface area (Å²) in [6.45, 7) is 1.46. The molecule has 9 heteroatoms. The minimum absolute atomic E-state index is 0.0446. The quantitative estimate of drug-likeness (QED) is 0.736. The molecule has 0 aliphatic heterocycles. The van der Waals surface area contributed by atoms with Gasteiger partial charge in [-0.05, 0) is 26.1 Å². The molecule has 0 aliphatic carbocycles. The molecule has 0 fully saturated rings. The smallest absolute Gasteiger partial charge is 0.273 e. The molecular formula is C13H13ClN2O5S. The van der Waals surface area contributed by atoms with Crippen LogP contribution in [0.4, 0.5) is 5.69 Å². The van der Waals surface area contributed by atoms with Gasteiger partial charge >= 0.3 is 0 Å². The van der Waals surface area contributed by atoms with Crippen LogP contribution in [0.1, 0.15) is 16.1 Å². The number of aromatic hydroxyl groups is 1. The van der Waals surface area contributed by atoms with Gasteiger partial charge in [0.15, 0.2) is 0 Å². The summed E-state index contributed by atoms with van der Waals surface area (Å²) < 4.78 is 30.5. The van der Waals surface area contributed by atoms with Crippen LogP contribution in [-0.4, -0.2) is 26.5 Å². The number of benzene rings is 1. The molecule has 7 nitrogen and oxygen atoms in total. The molecule has 1 heterocycles. The standard InChI is InChI=1S/C13H13ClN2O5S/c1-7-9(6-12(21-7)22(19,20)15-2)13(18)16-10-4-3-8(14)5-11(10)17/h3-6,15,17H,1-2H3,(H,16,18). The SMILES string of the molecule is CNS(=O)(=O)c1cc(C(=O)Nc2ccc(Cl)cc2O)c(C)o1. The number of carbonyl (C=O) groups excluding carboxylic acids is 1. The van der Waals surface area contributed by atoms with Crippen molar-refractivity contribution in [3.8, 4) is 5.75 Å². The van der Waals surface area contributed by atoms with Crippen LogP contribution < -0.4 is 10.0 Å². The van der Waals surface area contributed by atoms with Gasteiger partial charge in [-0.2, -0.15) is 0 Å². The lowest BCUT2D eigenvalue weighted by Crippen LogP contribution is -2.18. The van der Waals surface area contributed by atoms with E-state index in [1.165, 1.54) is 32.2 Å². The summed E-state index contributed by atoms with van der Waals surface area (Å²) in [5.74, 6) is -0.679. The second-order valence-corrected chi connectivity index (χ2v) is 6.61. The van der Waals surface area contributed by atoms with Gasteiger partial charge in [0.1, 0.15) is 11.5 Å². The Morgan fingerprint density at radius 1 is 1.32 bits per heavy atom. The molecule has 0 saturated carbocycles. The first-order chi connectivity index (χ1) is 10.2. The van der Waals surface area contributed by atoms with Gasteiger partial charge in [0.05, 0.1) is 11.3 Å². The maximum absolute atomic E-state index is 12.2. The number of aryl methyl sites for hydroxylation is 1. The van der Waals surface area contributed by atoms with Crippen molar-refractivity contribution < 1.29 is 22.7 Å². The van der Waals surface area contributed by atoms with Gasteiger partial charge < -0.3 is 14.8 Å². The van der Waals surface area contributed by atoms with Crippen molar-refractivity contribution in [1.82, 2.24) is 4.72 Å². The molecule has 0 unspecified atom stereocenters. The van der Waals surface area contributed by atoms with Crippen molar-refractivity contribution in [3.63, 3.8) is 0 Å². The molecule has 0 atom stereocenters. The van der Waals surface area contributed by atoms with E-state index in [9.17, 15) is 18.3 Å². The second kappa shape index (κ2) is 5.99. The van der Waals surface area contributed by atoms with Crippen LogP contribution in [0.25, 0.3) is 0 Å². The normalized spacial score (nSPS) is 11.4. The predicted molar refractivity (Wildman–Crippen MR) is 80.8 cm³/mol. The van der Waals surface area contributed by atoms with Gasteiger partial charge in [0.2, 0.25) is 5.09 Å².